The SMILES string of the molecule is CCc1ccc(S(=O)(=O)N2CCC(c3nnc4n3CCNC4)CC2)s1. The second kappa shape index (κ2) is 6.79. The maximum Gasteiger partial charge on any atom is 0.252 e. The summed E-state index contributed by atoms with van der Waals surface area (Å²) in [5.74, 6) is 2.31. The Bertz CT molecular complexity index is 850. The topological polar surface area (TPSA) is 80.1 Å². The second-order valence-corrected chi connectivity index (χ2v) is 9.89. The van der Waals surface area contributed by atoms with Crippen molar-refractivity contribution < 1.29 is 8.42 Å². The number of nitrogens with one attached hydrogen (secondary N) is 1. The van der Waals surface area contributed by atoms with Gasteiger partial charge < -0.3 is 9.88 Å². The number of thiophene rings is 1. The largest absolute Gasteiger partial charge is 0.312 e. The number of sulfonamides is 1. The van der Waals surface area contributed by atoms with Gasteiger partial charge in [-0.15, -0.1) is 21.5 Å². The number of piperidine rings is 1. The Balaban J connectivity index is 1.47. The smallest absolute Gasteiger partial charge is 0.252 e. The average Bonchev–Trinajstić information content (AvgIpc) is 3.29. The Hall–Kier alpha value is -1.29. The lowest BCUT2D eigenvalue weighted by Crippen LogP contribution is -2.38. The van der Waals surface area contributed by atoms with E-state index in [1.807, 2.05) is 13.0 Å². The van der Waals surface area contributed by atoms with Gasteiger partial charge in [-0.25, -0.2) is 8.42 Å². The van der Waals surface area contributed by atoms with Crippen LogP contribution in [0.4, 0.5) is 0 Å². The molecule has 0 aromatic carbocycles. The number of hydrogen-bond donors (Lipinski definition) is 1. The number of aryl methyl sites for hydroxylation is 1. The molecule has 4 rings (SSSR count). The summed E-state index contributed by atoms with van der Waals surface area (Å²) in [5.41, 5.74) is 0. The van der Waals surface area contributed by atoms with Crippen molar-refractivity contribution in [1.29, 1.82) is 0 Å². The number of nitrogens with zero attached hydrogens (tertiary/aromatic N) is 4. The van der Waals surface area contributed by atoms with E-state index in [-0.39, 0.29) is 0 Å². The van der Waals surface area contributed by atoms with Gasteiger partial charge >= 0.3 is 0 Å². The van der Waals surface area contributed by atoms with Crippen molar-refractivity contribution in [2.45, 2.75) is 49.4 Å². The summed E-state index contributed by atoms with van der Waals surface area (Å²) in [6.45, 7) is 5.73. The monoisotopic (exact) mass is 381 g/mol. The lowest BCUT2D eigenvalue weighted by atomic mass is 9.97. The maximum absolute atomic E-state index is 12.8. The Labute approximate surface area is 152 Å². The molecule has 1 fully saturated rings. The molecule has 0 saturated carbocycles. The summed E-state index contributed by atoms with van der Waals surface area (Å²) in [4.78, 5) is 1.11. The normalized spacial score (nSPS) is 19.9. The maximum atomic E-state index is 12.8. The van der Waals surface area contributed by atoms with Gasteiger partial charge in [-0.1, -0.05) is 6.92 Å². The molecular weight excluding hydrogens is 358 g/mol. The van der Waals surface area contributed by atoms with Crippen LogP contribution in [0.3, 0.4) is 0 Å². The van der Waals surface area contributed by atoms with E-state index in [1.54, 1.807) is 10.4 Å². The van der Waals surface area contributed by atoms with Gasteiger partial charge in [-0.3, -0.25) is 0 Å². The van der Waals surface area contributed by atoms with Crippen molar-refractivity contribution in [2.24, 2.45) is 0 Å². The highest BCUT2D eigenvalue weighted by Gasteiger charge is 2.33. The van der Waals surface area contributed by atoms with E-state index < -0.39 is 10.0 Å². The number of fused-ring (bicyclic) bond motifs is 1. The molecule has 0 bridgehead atoms. The quantitative estimate of drug-likeness (QED) is 0.870. The Kier molecular flexibility index (Phi) is 4.65. The molecule has 136 valence electrons. The van der Waals surface area contributed by atoms with Crippen LogP contribution in [0, 0.1) is 0 Å². The third kappa shape index (κ3) is 3.14. The first-order valence-corrected chi connectivity index (χ1v) is 11.1. The molecule has 2 aromatic heterocycles. The molecule has 7 nitrogen and oxygen atoms in total. The lowest BCUT2D eigenvalue weighted by molar-refractivity contribution is 0.307. The highest BCUT2D eigenvalue weighted by atomic mass is 32.2. The van der Waals surface area contributed by atoms with Crippen molar-refractivity contribution >= 4 is 21.4 Å². The van der Waals surface area contributed by atoms with Gasteiger partial charge in [0.2, 0.25) is 0 Å². The lowest BCUT2D eigenvalue weighted by Gasteiger charge is -2.31. The highest BCUT2D eigenvalue weighted by molar-refractivity contribution is 7.91. The summed E-state index contributed by atoms with van der Waals surface area (Å²) in [5, 5.41) is 12.0. The molecule has 4 heterocycles. The average molecular weight is 382 g/mol. The zero-order valence-corrected chi connectivity index (χ0v) is 15.9. The predicted octanol–water partition coefficient (Wildman–Crippen LogP) is 1.57. The molecular formula is C16H23N5O2S2. The van der Waals surface area contributed by atoms with E-state index in [4.69, 9.17) is 0 Å². The van der Waals surface area contributed by atoms with Crippen LogP contribution in [0.2, 0.25) is 0 Å². The summed E-state index contributed by atoms with van der Waals surface area (Å²) >= 11 is 1.39. The molecule has 2 aliphatic heterocycles. The number of rotatable bonds is 4. The van der Waals surface area contributed by atoms with Gasteiger partial charge in [0.15, 0.2) is 0 Å². The van der Waals surface area contributed by atoms with Crippen LogP contribution in [0.1, 0.15) is 42.2 Å². The Morgan fingerprint density at radius 2 is 2.04 bits per heavy atom. The summed E-state index contributed by atoms with van der Waals surface area (Å²) in [6, 6.07) is 3.66. The minimum atomic E-state index is -3.36. The minimum Gasteiger partial charge on any atom is -0.312 e. The fraction of sp³-hybridized carbons (Fsp3) is 0.625. The molecule has 2 aromatic rings. The molecule has 25 heavy (non-hydrogen) atoms. The fourth-order valence-electron chi connectivity index (χ4n) is 3.59. The van der Waals surface area contributed by atoms with Gasteiger partial charge in [0.25, 0.3) is 10.0 Å². The molecule has 0 unspecified atom stereocenters. The van der Waals surface area contributed by atoms with Crippen LogP contribution >= 0.6 is 11.3 Å². The van der Waals surface area contributed by atoms with Crippen molar-refractivity contribution in [3.63, 3.8) is 0 Å². The summed E-state index contributed by atoms with van der Waals surface area (Å²) in [6.07, 6.45) is 2.47. The van der Waals surface area contributed by atoms with Crippen LogP contribution in [-0.2, 0) is 29.5 Å². The fourth-order valence-corrected chi connectivity index (χ4v) is 6.50. The van der Waals surface area contributed by atoms with Crippen LogP contribution in [0.5, 0.6) is 0 Å². The predicted molar refractivity (Wildman–Crippen MR) is 96.2 cm³/mol. The van der Waals surface area contributed by atoms with E-state index in [9.17, 15) is 8.42 Å². The number of hydrogen-bond acceptors (Lipinski definition) is 6. The summed E-state index contributed by atoms with van der Waals surface area (Å²) in [7, 11) is -3.36. The molecule has 0 atom stereocenters. The molecule has 9 heteroatoms. The number of aromatic nitrogens is 3. The van der Waals surface area contributed by atoms with Crippen molar-refractivity contribution in [3.05, 3.63) is 28.7 Å². The van der Waals surface area contributed by atoms with E-state index in [2.05, 4.69) is 20.1 Å². The molecule has 0 radical (unpaired) electrons. The first-order valence-electron chi connectivity index (χ1n) is 8.81. The van der Waals surface area contributed by atoms with Crippen LogP contribution in [0.15, 0.2) is 16.3 Å². The van der Waals surface area contributed by atoms with Crippen molar-refractivity contribution in [1.82, 2.24) is 24.4 Å². The van der Waals surface area contributed by atoms with E-state index in [0.29, 0.717) is 23.2 Å². The van der Waals surface area contributed by atoms with Gasteiger partial charge in [-0.2, -0.15) is 4.31 Å². The van der Waals surface area contributed by atoms with Gasteiger partial charge in [0, 0.05) is 37.0 Å². The van der Waals surface area contributed by atoms with Gasteiger partial charge in [-0.05, 0) is 31.4 Å². The standard InChI is InChI=1S/C16H23N5O2S2/c1-2-13-3-4-15(24-13)25(22,23)20-8-5-12(6-9-20)16-19-18-14-11-17-7-10-21(14)16/h3-4,12,17H,2,5-11H2,1H3. The first-order chi connectivity index (χ1) is 12.1. The highest BCUT2D eigenvalue weighted by Crippen LogP contribution is 2.32. The van der Waals surface area contributed by atoms with E-state index in [1.165, 1.54) is 11.3 Å². The molecule has 0 aliphatic carbocycles. The minimum absolute atomic E-state index is 0.292. The Morgan fingerprint density at radius 1 is 1.24 bits per heavy atom. The second-order valence-electron chi connectivity index (χ2n) is 6.56. The molecule has 0 amide bonds. The third-order valence-corrected chi connectivity index (χ3v) is 8.65. The summed E-state index contributed by atoms with van der Waals surface area (Å²) < 4.78 is 30.0. The van der Waals surface area contributed by atoms with Crippen molar-refractivity contribution in [3.8, 4) is 0 Å². The first kappa shape index (κ1) is 17.1. The van der Waals surface area contributed by atoms with E-state index >= 15 is 0 Å². The van der Waals surface area contributed by atoms with Crippen LogP contribution in [0.25, 0.3) is 0 Å². The molecule has 0 spiro atoms. The molecule has 2 aliphatic rings. The van der Waals surface area contributed by atoms with Crippen molar-refractivity contribution in [2.75, 3.05) is 19.6 Å². The van der Waals surface area contributed by atoms with E-state index in [0.717, 1.165) is 55.4 Å². The molecule has 1 N–H and O–H groups in total. The Morgan fingerprint density at radius 3 is 2.76 bits per heavy atom. The van der Waals surface area contributed by atoms with Crippen LogP contribution < -0.4 is 5.32 Å². The van der Waals surface area contributed by atoms with Gasteiger partial charge in [0.1, 0.15) is 15.9 Å². The zero-order chi connectivity index (χ0) is 17.4. The van der Waals surface area contributed by atoms with Crippen LogP contribution in [-0.4, -0.2) is 47.1 Å². The third-order valence-electron chi connectivity index (χ3n) is 5.05. The molecule has 1 saturated heterocycles. The van der Waals surface area contributed by atoms with Gasteiger partial charge in [0.05, 0.1) is 6.54 Å². The zero-order valence-electron chi connectivity index (χ0n) is 14.3.